The average molecular weight is 1270 g/mol. The minimum absolute atomic E-state index is 0.0217. The number of aromatic amines is 1. The maximum atomic E-state index is 15.1. The van der Waals surface area contributed by atoms with Crippen LogP contribution in [0, 0.1) is 17.8 Å². The fourth-order valence-corrected chi connectivity index (χ4v) is 11.4. The number of fused-ring (bicyclic) bond motifs is 2. The van der Waals surface area contributed by atoms with Crippen molar-refractivity contribution in [2.75, 3.05) is 13.1 Å². The van der Waals surface area contributed by atoms with Crippen molar-refractivity contribution in [3.05, 3.63) is 108 Å². The number of nitrogens with one attached hydrogen (secondary N) is 10. The molecule has 6 rings (SSSR count). The summed E-state index contributed by atoms with van der Waals surface area (Å²) in [5.74, 6) is -11.4. The summed E-state index contributed by atoms with van der Waals surface area (Å²) in [6.45, 7) is 11.0. The van der Waals surface area contributed by atoms with Crippen LogP contribution in [0.3, 0.4) is 0 Å². The van der Waals surface area contributed by atoms with E-state index in [1.807, 2.05) is 27.7 Å². The van der Waals surface area contributed by atoms with Crippen molar-refractivity contribution >= 4 is 81.8 Å². The van der Waals surface area contributed by atoms with Crippen LogP contribution in [-0.2, 0) is 76.8 Å². The first-order valence-corrected chi connectivity index (χ1v) is 31.7. The Hall–Kier alpha value is -9.20. The molecule has 0 aliphatic carbocycles. The molecule has 2 aliphatic rings. The smallest absolute Gasteiger partial charge is 0.246 e. The van der Waals surface area contributed by atoms with Crippen LogP contribution in [0.5, 0.6) is 0 Å². The van der Waals surface area contributed by atoms with Gasteiger partial charge in [0.1, 0.15) is 60.4 Å². The van der Waals surface area contributed by atoms with Gasteiger partial charge in [-0.3, -0.25) is 57.5 Å². The number of amides is 12. The van der Waals surface area contributed by atoms with E-state index in [9.17, 15) is 52.7 Å². The topological polar surface area (TPSA) is 410 Å². The molecule has 26 nitrogen and oxygen atoms in total. The number of hydrogen-bond acceptors (Lipinski definition) is 13. The minimum atomic E-state index is -1.81. The predicted molar refractivity (Wildman–Crippen MR) is 343 cm³/mol. The first kappa shape index (κ1) is 71.9. The fourth-order valence-electron chi connectivity index (χ4n) is 11.4. The molecular weight excluding hydrogens is 1180 g/mol. The number of hydrogen-bond donors (Lipinski definition) is 13. The summed E-state index contributed by atoms with van der Waals surface area (Å²) in [6, 6.07) is 10.4. The van der Waals surface area contributed by atoms with E-state index < -0.39 is 156 Å². The number of carbonyl (C=O) groups is 12. The quantitative estimate of drug-likeness (QED) is 0.0540. The SMILES string of the molecule is CC(C)C[C@@H]1NC(=O)[C@@H](CCCCN)NC(=O)[C@H](C(C)C)NC(=O)[C@@H](Cc2c[nH]c3ccccc23)NC(=O)[C@@H](CCC(N)=O)NC(=O)[C@H](CC(N)=O)NC(=O)[C@@H](Cc2ccccc2)NC(=O)[C@@H](CC(C)C)NC(=O)[C@@H]2CCCN2C(=O)[C@H](Cc2ccccc2)NC1=O. The molecule has 2 fully saturated rings. The number of nitrogens with two attached hydrogens (primary N) is 3. The van der Waals surface area contributed by atoms with Gasteiger partial charge in [-0.2, -0.15) is 0 Å². The zero-order chi connectivity index (χ0) is 67.2. The summed E-state index contributed by atoms with van der Waals surface area (Å²) in [6.07, 6.45) is 1.03. The molecule has 0 unspecified atom stereocenters. The van der Waals surface area contributed by atoms with Crippen molar-refractivity contribution < 1.29 is 57.5 Å². The normalized spacial score (nSPS) is 24.1. The highest BCUT2D eigenvalue weighted by Crippen LogP contribution is 2.23. The zero-order valence-electron chi connectivity index (χ0n) is 53.4. The maximum Gasteiger partial charge on any atom is 0.246 e. The standard InChI is InChI=1S/C66H92N14O12/c1-37(2)30-47-60(86)78-52(33-41-20-11-8-12-21-41)66(92)80-29-17-25-53(80)64(90)77-48(31-38(3)4)59(85)74-49(32-40-18-9-7-10-19-40)61(87)76-51(35-55(69)82)62(88)71-46(26-27-54(68)81)58(84)75-50(34-42-36-70-44-23-14-13-22-43(42)44)63(89)79-56(39(5)6)65(91)72-45(57(83)73-47)24-15-16-28-67/h7-14,18-23,36-39,45-53,56,70H,15-17,24-35,67H2,1-6H3,(H2,68,81)(H2,69,82)(H,71,88)(H,72,91)(H,73,83)(H,74,85)(H,75,84)(H,76,87)(H,77,90)(H,78,86)(H,79,89)/t45-,46-,47+,48-,49-,50-,51+,52+,53+,56+/m1/s1. The highest BCUT2D eigenvalue weighted by Gasteiger charge is 2.42. The van der Waals surface area contributed by atoms with E-state index in [1.165, 1.54) is 4.90 Å². The van der Waals surface area contributed by atoms with E-state index in [0.717, 1.165) is 0 Å². The largest absolute Gasteiger partial charge is 0.370 e. The van der Waals surface area contributed by atoms with Gasteiger partial charge in [0.25, 0.3) is 0 Å². The Labute approximate surface area is 536 Å². The van der Waals surface area contributed by atoms with E-state index in [2.05, 4.69) is 52.8 Å². The molecule has 0 bridgehead atoms. The molecular formula is C66H92N14O12. The molecule has 10 atom stereocenters. The van der Waals surface area contributed by atoms with Gasteiger partial charge in [0.15, 0.2) is 0 Å². The third kappa shape index (κ3) is 21.5. The number of nitrogens with zero attached hydrogens (tertiary/aromatic N) is 1. The van der Waals surface area contributed by atoms with Crippen LogP contribution in [0.2, 0.25) is 0 Å². The van der Waals surface area contributed by atoms with Gasteiger partial charge in [-0.25, -0.2) is 0 Å². The van der Waals surface area contributed by atoms with Crippen LogP contribution in [0.4, 0.5) is 0 Å². The fraction of sp³-hybridized carbons (Fsp3) is 0.515. The van der Waals surface area contributed by atoms with Gasteiger partial charge in [0.05, 0.1) is 6.42 Å². The predicted octanol–water partition coefficient (Wildman–Crippen LogP) is 0.582. The first-order valence-electron chi connectivity index (χ1n) is 31.7. The van der Waals surface area contributed by atoms with Gasteiger partial charge >= 0.3 is 0 Å². The minimum Gasteiger partial charge on any atom is -0.370 e. The number of para-hydroxylation sites is 1. The second kappa shape index (κ2) is 34.8. The Morgan fingerprint density at radius 1 is 0.489 bits per heavy atom. The Morgan fingerprint density at radius 3 is 1.51 bits per heavy atom. The van der Waals surface area contributed by atoms with Crippen LogP contribution in [-0.4, -0.2) is 154 Å². The van der Waals surface area contributed by atoms with E-state index >= 15 is 4.79 Å². The van der Waals surface area contributed by atoms with Crippen LogP contribution < -0.4 is 65.1 Å². The lowest BCUT2D eigenvalue weighted by Gasteiger charge is -2.32. The lowest BCUT2D eigenvalue weighted by Crippen LogP contribution is -2.62. The average Bonchev–Trinajstić information content (AvgIpc) is 1.76. The third-order valence-electron chi connectivity index (χ3n) is 16.2. The molecule has 0 radical (unpaired) electrons. The monoisotopic (exact) mass is 1270 g/mol. The van der Waals surface area contributed by atoms with E-state index in [4.69, 9.17) is 17.2 Å². The number of rotatable bonds is 20. The van der Waals surface area contributed by atoms with Gasteiger partial charge in [0, 0.05) is 49.3 Å². The van der Waals surface area contributed by atoms with Gasteiger partial charge < -0.3 is 74.9 Å². The summed E-state index contributed by atoms with van der Waals surface area (Å²) in [4.78, 5) is 177. The van der Waals surface area contributed by atoms with Crippen LogP contribution in [0.1, 0.15) is 122 Å². The molecule has 4 aromatic rings. The lowest BCUT2D eigenvalue weighted by molar-refractivity contribution is -0.142. The van der Waals surface area contributed by atoms with Gasteiger partial charge in [-0.1, -0.05) is 120 Å². The van der Waals surface area contributed by atoms with Crippen LogP contribution in [0.15, 0.2) is 91.1 Å². The Morgan fingerprint density at radius 2 is 0.946 bits per heavy atom. The molecule has 3 aromatic carbocycles. The number of unbranched alkanes of at least 4 members (excludes halogenated alkanes) is 1. The van der Waals surface area contributed by atoms with Crippen molar-refractivity contribution in [3.8, 4) is 0 Å². The molecule has 3 heterocycles. The molecule has 26 heteroatoms. The van der Waals surface area contributed by atoms with Crippen molar-refractivity contribution in [2.45, 2.75) is 185 Å². The number of carbonyl (C=O) groups excluding carboxylic acids is 12. The number of H-pyrrole nitrogens is 1. The Balaban J connectivity index is 1.46. The molecule has 0 saturated carbocycles. The molecule has 16 N–H and O–H groups in total. The summed E-state index contributed by atoms with van der Waals surface area (Å²) in [5, 5.41) is 25.3. The molecule has 0 spiro atoms. The lowest BCUT2D eigenvalue weighted by atomic mass is 9.98. The highest BCUT2D eigenvalue weighted by molar-refractivity contribution is 6.01. The Bertz CT molecular complexity index is 3230. The molecule has 2 saturated heterocycles. The van der Waals surface area contributed by atoms with E-state index in [1.54, 1.807) is 105 Å². The molecule has 92 heavy (non-hydrogen) atoms. The van der Waals surface area contributed by atoms with Crippen molar-refractivity contribution in [1.82, 2.24) is 57.7 Å². The highest BCUT2D eigenvalue weighted by atomic mass is 16.2. The molecule has 1 aromatic heterocycles. The zero-order valence-corrected chi connectivity index (χ0v) is 53.4. The number of benzene rings is 3. The van der Waals surface area contributed by atoms with E-state index in [0.29, 0.717) is 46.9 Å². The first-order chi connectivity index (χ1) is 43.8. The Kier molecular flexibility index (Phi) is 27.2. The molecule has 12 amide bonds. The van der Waals surface area contributed by atoms with Crippen molar-refractivity contribution in [1.29, 1.82) is 0 Å². The second-order valence-corrected chi connectivity index (χ2v) is 25.1. The molecule has 498 valence electrons. The van der Waals surface area contributed by atoms with Gasteiger partial charge in [0.2, 0.25) is 70.9 Å². The van der Waals surface area contributed by atoms with Gasteiger partial charge in [-0.05, 0) is 98.4 Å². The maximum absolute atomic E-state index is 15.1. The summed E-state index contributed by atoms with van der Waals surface area (Å²) in [7, 11) is 0. The van der Waals surface area contributed by atoms with Gasteiger partial charge in [-0.15, -0.1) is 0 Å². The van der Waals surface area contributed by atoms with E-state index in [-0.39, 0.29) is 69.9 Å². The molecule has 2 aliphatic heterocycles. The van der Waals surface area contributed by atoms with Crippen LogP contribution >= 0.6 is 0 Å². The summed E-state index contributed by atoms with van der Waals surface area (Å²) < 4.78 is 0. The number of primary amides is 2. The second-order valence-electron chi connectivity index (χ2n) is 25.1. The third-order valence-corrected chi connectivity index (χ3v) is 16.2. The van der Waals surface area contributed by atoms with Crippen molar-refractivity contribution in [3.63, 3.8) is 0 Å². The summed E-state index contributed by atoms with van der Waals surface area (Å²) >= 11 is 0. The number of aromatic nitrogens is 1. The summed E-state index contributed by atoms with van der Waals surface area (Å²) in [5.41, 5.74) is 19.6. The van der Waals surface area contributed by atoms with Crippen molar-refractivity contribution in [2.24, 2.45) is 35.0 Å². The van der Waals surface area contributed by atoms with Crippen LogP contribution in [0.25, 0.3) is 10.9 Å².